The molecule has 0 aliphatic rings. The topological polar surface area (TPSA) is 54.6 Å². The molecule has 1 N–H and O–H groups in total. The van der Waals surface area contributed by atoms with Crippen molar-refractivity contribution in [3.63, 3.8) is 0 Å². The third-order valence-electron chi connectivity index (χ3n) is 2.94. The van der Waals surface area contributed by atoms with E-state index >= 15 is 0 Å². The van der Waals surface area contributed by atoms with Crippen LogP contribution in [0.15, 0.2) is 42.6 Å². The summed E-state index contributed by atoms with van der Waals surface area (Å²) in [5.41, 5.74) is 0.516. The first-order valence-electron chi connectivity index (χ1n) is 5.74. The Morgan fingerprint density at radius 1 is 1.15 bits per heavy atom. The second-order valence-corrected chi connectivity index (χ2v) is 4.17. The zero-order valence-corrected chi connectivity index (χ0v) is 10.0. The van der Waals surface area contributed by atoms with E-state index in [1.807, 2.05) is 0 Å². The summed E-state index contributed by atoms with van der Waals surface area (Å²) in [7, 11) is 0. The third kappa shape index (κ3) is 1.82. The van der Waals surface area contributed by atoms with E-state index < -0.39 is 17.6 Å². The molecule has 0 saturated carbocycles. The summed E-state index contributed by atoms with van der Waals surface area (Å²) < 4.78 is 28.3. The molecule has 1 aromatic carbocycles. The van der Waals surface area contributed by atoms with E-state index in [2.05, 4.69) is 4.98 Å². The van der Waals surface area contributed by atoms with Gasteiger partial charge in [-0.3, -0.25) is 4.40 Å². The van der Waals surface area contributed by atoms with Crippen LogP contribution in [0.25, 0.3) is 16.9 Å². The van der Waals surface area contributed by atoms with Gasteiger partial charge in [0.1, 0.15) is 11.3 Å². The van der Waals surface area contributed by atoms with Crippen LogP contribution >= 0.6 is 0 Å². The predicted molar refractivity (Wildman–Crippen MR) is 67.5 cm³/mol. The van der Waals surface area contributed by atoms with Gasteiger partial charge in [0.25, 0.3) is 0 Å². The molecule has 0 aliphatic carbocycles. The second kappa shape index (κ2) is 4.41. The minimum atomic E-state index is -1.13. The molecular formula is C14H8F2N2O2. The molecule has 3 rings (SSSR count). The summed E-state index contributed by atoms with van der Waals surface area (Å²) in [6.07, 6.45) is 1.37. The molecule has 6 heteroatoms. The van der Waals surface area contributed by atoms with E-state index in [9.17, 15) is 13.6 Å². The molecule has 0 unspecified atom stereocenters. The number of imidazole rings is 1. The van der Waals surface area contributed by atoms with Gasteiger partial charge in [-0.25, -0.2) is 18.6 Å². The predicted octanol–water partition coefficient (Wildman–Crippen LogP) is 2.98. The number of carboxylic acid groups (broad SMARTS) is 1. The molecule has 0 fully saturated rings. The van der Waals surface area contributed by atoms with Crippen molar-refractivity contribution < 1.29 is 18.7 Å². The van der Waals surface area contributed by atoms with Gasteiger partial charge in [0.05, 0.1) is 5.69 Å². The number of carboxylic acids is 1. The molecule has 4 nitrogen and oxygen atoms in total. The fraction of sp³-hybridized carbons (Fsp3) is 0. The SMILES string of the molecule is O=C(O)c1cccc2nc(-c3cccc(F)c3F)cn12. The molecule has 0 spiro atoms. The Hall–Kier alpha value is -2.76. The number of hydrogen-bond acceptors (Lipinski definition) is 2. The first-order valence-corrected chi connectivity index (χ1v) is 5.74. The summed E-state index contributed by atoms with van der Waals surface area (Å²) in [5.74, 6) is -3.11. The van der Waals surface area contributed by atoms with Crippen molar-refractivity contribution in [2.75, 3.05) is 0 Å². The Balaban J connectivity index is 2.26. The van der Waals surface area contributed by atoms with Crippen molar-refractivity contribution in [2.45, 2.75) is 0 Å². The third-order valence-corrected chi connectivity index (χ3v) is 2.94. The number of aromatic nitrogens is 2. The van der Waals surface area contributed by atoms with Crippen LogP contribution in [0.1, 0.15) is 10.5 Å². The van der Waals surface area contributed by atoms with E-state index in [0.29, 0.717) is 5.65 Å². The highest BCUT2D eigenvalue weighted by atomic mass is 19.2. The Bertz CT molecular complexity index is 827. The Morgan fingerprint density at radius 3 is 2.65 bits per heavy atom. The molecule has 2 heterocycles. The Labute approximate surface area is 111 Å². The summed E-state index contributed by atoms with van der Waals surface area (Å²) in [5, 5.41) is 9.08. The first-order chi connectivity index (χ1) is 9.58. The van der Waals surface area contributed by atoms with Gasteiger partial charge in [-0.05, 0) is 24.3 Å². The van der Waals surface area contributed by atoms with Crippen molar-refractivity contribution in [1.29, 1.82) is 0 Å². The number of halogens is 2. The fourth-order valence-electron chi connectivity index (χ4n) is 2.02. The van der Waals surface area contributed by atoms with Crippen LogP contribution in [0.5, 0.6) is 0 Å². The smallest absolute Gasteiger partial charge is 0.352 e. The summed E-state index contributed by atoms with van der Waals surface area (Å²) in [6.45, 7) is 0. The molecule has 20 heavy (non-hydrogen) atoms. The van der Waals surface area contributed by atoms with Crippen molar-refractivity contribution >= 4 is 11.6 Å². The van der Waals surface area contributed by atoms with Crippen molar-refractivity contribution in [1.82, 2.24) is 9.38 Å². The van der Waals surface area contributed by atoms with Gasteiger partial charge in [-0.1, -0.05) is 12.1 Å². The van der Waals surface area contributed by atoms with Gasteiger partial charge >= 0.3 is 5.97 Å². The summed E-state index contributed by atoms with van der Waals surface area (Å²) in [4.78, 5) is 15.2. The average molecular weight is 274 g/mol. The molecule has 0 aliphatic heterocycles. The number of aromatic carboxylic acids is 1. The molecule has 3 aromatic rings. The maximum absolute atomic E-state index is 13.7. The molecule has 0 saturated heterocycles. The van der Waals surface area contributed by atoms with Crippen LogP contribution in [-0.4, -0.2) is 20.5 Å². The van der Waals surface area contributed by atoms with Crippen LogP contribution < -0.4 is 0 Å². The number of fused-ring (bicyclic) bond motifs is 1. The lowest BCUT2D eigenvalue weighted by molar-refractivity contribution is 0.0689. The molecule has 2 aromatic heterocycles. The maximum atomic E-state index is 13.7. The van der Waals surface area contributed by atoms with Crippen LogP contribution in [-0.2, 0) is 0 Å². The number of benzene rings is 1. The van der Waals surface area contributed by atoms with Crippen LogP contribution in [0.4, 0.5) is 8.78 Å². The Morgan fingerprint density at radius 2 is 1.90 bits per heavy atom. The first kappa shape index (κ1) is 12.3. The fourth-order valence-corrected chi connectivity index (χ4v) is 2.02. The number of nitrogens with zero attached hydrogens (tertiary/aromatic N) is 2. The second-order valence-electron chi connectivity index (χ2n) is 4.17. The normalized spacial score (nSPS) is 10.9. The number of hydrogen-bond donors (Lipinski definition) is 1. The van der Waals surface area contributed by atoms with Gasteiger partial charge in [-0.2, -0.15) is 0 Å². The summed E-state index contributed by atoms with van der Waals surface area (Å²) in [6, 6.07) is 8.31. The summed E-state index contributed by atoms with van der Waals surface area (Å²) >= 11 is 0. The van der Waals surface area contributed by atoms with E-state index in [1.165, 1.54) is 34.9 Å². The lowest BCUT2D eigenvalue weighted by atomic mass is 10.1. The number of rotatable bonds is 2. The molecule has 0 bridgehead atoms. The molecule has 100 valence electrons. The van der Waals surface area contributed by atoms with E-state index in [-0.39, 0.29) is 17.0 Å². The zero-order valence-electron chi connectivity index (χ0n) is 10.0. The molecule has 0 amide bonds. The Kier molecular flexibility index (Phi) is 2.71. The molecule has 0 atom stereocenters. The van der Waals surface area contributed by atoms with Crippen LogP contribution in [0.2, 0.25) is 0 Å². The average Bonchev–Trinajstić information content (AvgIpc) is 2.84. The number of carbonyl (C=O) groups is 1. The number of pyridine rings is 1. The highest BCUT2D eigenvalue weighted by Gasteiger charge is 2.15. The maximum Gasteiger partial charge on any atom is 0.352 e. The highest BCUT2D eigenvalue weighted by molar-refractivity contribution is 5.87. The monoisotopic (exact) mass is 274 g/mol. The lowest BCUT2D eigenvalue weighted by Crippen LogP contribution is -2.03. The van der Waals surface area contributed by atoms with Gasteiger partial charge in [0.2, 0.25) is 0 Å². The van der Waals surface area contributed by atoms with Gasteiger partial charge < -0.3 is 5.11 Å². The van der Waals surface area contributed by atoms with Gasteiger partial charge in [-0.15, -0.1) is 0 Å². The van der Waals surface area contributed by atoms with Crippen LogP contribution in [0, 0.1) is 11.6 Å². The van der Waals surface area contributed by atoms with Crippen molar-refractivity contribution in [3.05, 3.63) is 59.9 Å². The van der Waals surface area contributed by atoms with E-state index in [0.717, 1.165) is 6.07 Å². The minimum absolute atomic E-state index is 0.00180. The van der Waals surface area contributed by atoms with Gasteiger partial charge in [0.15, 0.2) is 11.6 Å². The molecule has 0 radical (unpaired) electrons. The lowest BCUT2D eigenvalue weighted by Gasteiger charge is -1.99. The van der Waals surface area contributed by atoms with E-state index in [4.69, 9.17) is 5.11 Å². The quantitative estimate of drug-likeness (QED) is 0.781. The highest BCUT2D eigenvalue weighted by Crippen LogP contribution is 2.24. The van der Waals surface area contributed by atoms with Crippen molar-refractivity contribution in [3.8, 4) is 11.3 Å². The standard InChI is InChI=1S/C14H8F2N2O2/c15-9-4-1-3-8(13(9)16)10-7-18-11(14(19)20)5-2-6-12(18)17-10/h1-7H,(H,19,20). The van der Waals surface area contributed by atoms with E-state index in [1.54, 1.807) is 6.07 Å². The minimum Gasteiger partial charge on any atom is -0.477 e. The van der Waals surface area contributed by atoms with Gasteiger partial charge in [0, 0.05) is 11.8 Å². The van der Waals surface area contributed by atoms with Crippen molar-refractivity contribution in [2.24, 2.45) is 0 Å². The molecular weight excluding hydrogens is 266 g/mol. The van der Waals surface area contributed by atoms with Crippen LogP contribution in [0.3, 0.4) is 0 Å². The zero-order chi connectivity index (χ0) is 14.3. The largest absolute Gasteiger partial charge is 0.477 e.